The van der Waals surface area contributed by atoms with Crippen LogP contribution in [0.4, 0.5) is 5.88 Å². The third-order valence-electron chi connectivity index (χ3n) is 3.10. The number of amides is 1. The second-order valence-corrected chi connectivity index (χ2v) is 4.59. The van der Waals surface area contributed by atoms with Crippen molar-refractivity contribution in [1.82, 2.24) is 4.90 Å². The van der Waals surface area contributed by atoms with Crippen LogP contribution >= 0.6 is 11.6 Å². The van der Waals surface area contributed by atoms with E-state index >= 15 is 0 Å². The van der Waals surface area contributed by atoms with Gasteiger partial charge in [-0.15, -0.1) is 11.6 Å². The van der Waals surface area contributed by atoms with Gasteiger partial charge in [0.05, 0.1) is 6.07 Å². The van der Waals surface area contributed by atoms with Gasteiger partial charge in [0.25, 0.3) is 5.91 Å². The highest BCUT2D eigenvalue weighted by atomic mass is 35.5. The molecule has 0 aromatic carbocycles. The number of nitrogens with zero attached hydrogens (tertiary/aromatic N) is 2. The molecule has 6 nitrogen and oxygen atoms in total. The summed E-state index contributed by atoms with van der Waals surface area (Å²) in [6, 6.07) is 2.53. The van der Waals surface area contributed by atoms with Crippen LogP contribution in [-0.4, -0.2) is 34.7 Å². The monoisotopic (exact) mass is 272 g/mol. The molecule has 98 valence electrons. The second kappa shape index (κ2) is 5.39. The number of hydrogen-bond acceptors (Lipinski definition) is 4. The minimum Gasteiger partial charge on any atom is -0.395 e. The van der Waals surface area contributed by atoms with Gasteiger partial charge in [0.2, 0.25) is 0 Å². The molecule has 2 rings (SSSR count). The smallest absolute Gasteiger partial charge is 0.395 e. The molecule has 0 unspecified atom stereocenters. The SMILES string of the molecule is O=C(c1ccc([N+](=O)[O-])o1)N1CCC(CCl)CC1. The average molecular weight is 273 g/mol. The summed E-state index contributed by atoms with van der Waals surface area (Å²) in [5.41, 5.74) is 0. The Kier molecular flexibility index (Phi) is 3.86. The first-order chi connectivity index (χ1) is 8.61. The lowest BCUT2D eigenvalue weighted by Gasteiger charge is -2.30. The fourth-order valence-corrected chi connectivity index (χ4v) is 2.30. The van der Waals surface area contributed by atoms with E-state index in [1.165, 1.54) is 12.1 Å². The molecule has 0 N–H and O–H groups in total. The Labute approximate surface area is 109 Å². The molecule has 7 heteroatoms. The number of nitro groups is 1. The van der Waals surface area contributed by atoms with E-state index in [9.17, 15) is 14.9 Å². The van der Waals surface area contributed by atoms with E-state index in [1.54, 1.807) is 4.90 Å². The maximum atomic E-state index is 12.0. The van der Waals surface area contributed by atoms with Crippen LogP contribution in [0, 0.1) is 16.0 Å². The van der Waals surface area contributed by atoms with Crippen molar-refractivity contribution in [3.8, 4) is 0 Å². The summed E-state index contributed by atoms with van der Waals surface area (Å²) in [4.78, 5) is 23.5. The fraction of sp³-hybridized carbons (Fsp3) is 0.545. The first-order valence-corrected chi connectivity index (χ1v) is 6.24. The van der Waals surface area contributed by atoms with Crippen LogP contribution in [0.2, 0.25) is 0 Å². The zero-order chi connectivity index (χ0) is 13.1. The third kappa shape index (κ3) is 2.64. The van der Waals surface area contributed by atoms with Crippen LogP contribution in [0.5, 0.6) is 0 Å². The number of carbonyl (C=O) groups excluding carboxylic acids is 1. The third-order valence-corrected chi connectivity index (χ3v) is 3.54. The van der Waals surface area contributed by atoms with E-state index in [1.807, 2.05) is 0 Å². The van der Waals surface area contributed by atoms with Crippen LogP contribution in [0.3, 0.4) is 0 Å². The molecule has 1 saturated heterocycles. The number of carbonyl (C=O) groups is 1. The molecule has 18 heavy (non-hydrogen) atoms. The van der Waals surface area contributed by atoms with Crippen molar-refractivity contribution in [1.29, 1.82) is 0 Å². The maximum absolute atomic E-state index is 12.0. The van der Waals surface area contributed by atoms with Gasteiger partial charge in [-0.05, 0) is 24.8 Å². The standard InChI is InChI=1S/C11H13ClN2O4/c12-7-8-3-5-13(6-4-8)11(15)9-1-2-10(18-9)14(16)17/h1-2,8H,3-7H2. The first kappa shape index (κ1) is 12.9. The summed E-state index contributed by atoms with van der Waals surface area (Å²) >= 11 is 5.77. The zero-order valence-electron chi connectivity index (χ0n) is 9.67. The number of furan rings is 1. The van der Waals surface area contributed by atoms with Crippen molar-refractivity contribution in [2.24, 2.45) is 5.92 Å². The van der Waals surface area contributed by atoms with Crippen molar-refractivity contribution in [3.63, 3.8) is 0 Å². The summed E-state index contributed by atoms with van der Waals surface area (Å²) < 4.78 is 4.90. The van der Waals surface area contributed by atoms with Crippen molar-refractivity contribution >= 4 is 23.4 Å². The molecule has 0 saturated carbocycles. The predicted molar refractivity (Wildman–Crippen MR) is 64.7 cm³/mol. The van der Waals surface area contributed by atoms with Gasteiger partial charge in [0.1, 0.15) is 4.92 Å². The molecule has 1 aromatic heterocycles. The Morgan fingerprint density at radius 3 is 2.67 bits per heavy atom. The highest BCUT2D eigenvalue weighted by molar-refractivity contribution is 6.18. The van der Waals surface area contributed by atoms with Crippen LogP contribution in [0.15, 0.2) is 16.5 Å². The maximum Gasteiger partial charge on any atom is 0.433 e. The molecule has 1 fully saturated rings. The van der Waals surface area contributed by atoms with Crippen LogP contribution in [0.25, 0.3) is 0 Å². The number of rotatable bonds is 3. The lowest BCUT2D eigenvalue weighted by Crippen LogP contribution is -2.38. The topological polar surface area (TPSA) is 76.6 Å². The molecule has 0 aliphatic carbocycles. The van der Waals surface area contributed by atoms with Gasteiger partial charge in [0.15, 0.2) is 5.76 Å². The molecule has 0 atom stereocenters. The van der Waals surface area contributed by atoms with Gasteiger partial charge >= 0.3 is 5.88 Å². The first-order valence-electron chi connectivity index (χ1n) is 5.71. The lowest BCUT2D eigenvalue weighted by atomic mass is 9.99. The Hall–Kier alpha value is -1.56. The minimum atomic E-state index is -0.656. The molecule has 1 amide bonds. The minimum absolute atomic E-state index is 0.0195. The van der Waals surface area contributed by atoms with E-state index in [0.29, 0.717) is 24.9 Å². The molecule has 1 aliphatic rings. The van der Waals surface area contributed by atoms with E-state index in [-0.39, 0.29) is 11.7 Å². The summed E-state index contributed by atoms with van der Waals surface area (Å²) in [6.45, 7) is 1.23. The Morgan fingerprint density at radius 1 is 1.50 bits per heavy atom. The number of alkyl halides is 1. The quantitative estimate of drug-likeness (QED) is 0.480. The van der Waals surface area contributed by atoms with Gasteiger partial charge in [-0.25, -0.2) is 0 Å². The molecule has 0 bridgehead atoms. The van der Waals surface area contributed by atoms with Crippen molar-refractivity contribution in [2.75, 3.05) is 19.0 Å². The van der Waals surface area contributed by atoms with Gasteiger partial charge in [0, 0.05) is 19.0 Å². The van der Waals surface area contributed by atoms with Gasteiger partial charge in [-0.1, -0.05) is 0 Å². The number of halogens is 1. The highest BCUT2D eigenvalue weighted by Crippen LogP contribution is 2.22. The number of likely N-dealkylation sites (tertiary alicyclic amines) is 1. The summed E-state index contributed by atoms with van der Waals surface area (Å²) in [6.07, 6.45) is 1.72. The summed E-state index contributed by atoms with van der Waals surface area (Å²) in [7, 11) is 0. The van der Waals surface area contributed by atoms with Crippen LogP contribution < -0.4 is 0 Å². The largest absolute Gasteiger partial charge is 0.433 e. The molecule has 0 radical (unpaired) electrons. The molecule has 0 spiro atoms. The van der Waals surface area contributed by atoms with Crippen molar-refractivity contribution < 1.29 is 14.1 Å². The Bertz CT molecular complexity index is 452. The van der Waals surface area contributed by atoms with Gasteiger partial charge in [-0.3, -0.25) is 14.9 Å². The molecule has 2 heterocycles. The van der Waals surface area contributed by atoms with Crippen molar-refractivity contribution in [3.05, 3.63) is 28.0 Å². The Morgan fingerprint density at radius 2 is 2.17 bits per heavy atom. The van der Waals surface area contributed by atoms with Gasteiger partial charge in [-0.2, -0.15) is 0 Å². The normalized spacial score (nSPS) is 16.8. The fourth-order valence-electron chi connectivity index (χ4n) is 1.99. The number of hydrogen-bond donors (Lipinski definition) is 0. The van der Waals surface area contributed by atoms with E-state index in [4.69, 9.17) is 16.0 Å². The van der Waals surface area contributed by atoms with Gasteiger partial charge < -0.3 is 9.32 Å². The lowest BCUT2D eigenvalue weighted by molar-refractivity contribution is -0.402. The second-order valence-electron chi connectivity index (χ2n) is 4.28. The summed E-state index contributed by atoms with van der Waals surface area (Å²) in [5.74, 6) is 0.367. The predicted octanol–water partition coefficient (Wildman–Crippen LogP) is 2.28. The molecular formula is C11H13ClN2O4. The molecular weight excluding hydrogens is 260 g/mol. The average Bonchev–Trinajstić information content (AvgIpc) is 2.88. The summed E-state index contributed by atoms with van der Waals surface area (Å²) in [5, 5.41) is 10.5. The molecule has 1 aromatic rings. The van der Waals surface area contributed by atoms with E-state index < -0.39 is 10.8 Å². The van der Waals surface area contributed by atoms with Crippen LogP contribution in [-0.2, 0) is 0 Å². The van der Waals surface area contributed by atoms with Crippen molar-refractivity contribution in [2.45, 2.75) is 12.8 Å². The number of piperidine rings is 1. The zero-order valence-corrected chi connectivity index (χ0v) is 10.4. The van der Waals surface area contributed by atoms with Crippen LogP contribution in [0.1, 0.15) is 23.4 Å². The van der Waals surface area contributed by atoms with E-state index in [0.717, 1.165) is 12.8 Å². The Balaban J connectivity index is 2.01. The van der Waals surface area contributed by atoms with E-state index in [2.05, 4.69) is 0 Å². The molecule has 1 aliphatic heterocycles. The highest BCUT2D eigenvalue weighted by Gasteiger charge is 2.26.